The molecule has 0 N–H and O–H groups in total. The highest BCUT2D eigenvalue weighted by molar-refractivity contribution is 5.56. The monoisotopic (exact) mass is 296 g/mol. The summed E-state index contributed by atoms with van der Waals surface area (Å²) >= 11 is 0. The number of nitrogens with zero attached hydrogens (tertiary/aromatic N) is 4. The van der Waals surface area contributed by atoms with Gasteiger partial charge in [0.2, 0.25) is 0 Å². The van der Waals surface area contributed by atoms with Crippen molar-refractivity contribution in [3.8, 4) is 23.2 Å². The third kappa shape index (κ3) is 3.21. The van der Waals surface area contributed by atoms with E-state index in [1.807, 2.05) is 13.0 Å². The number of ether oxygens (including phenoxy) is 2. The number of pyridine rings is 1. The molecule has 22 heavy (non-hydrogen) atoms. The van der Waals surface area contributed by atoms with Crippen molar-refractivity contribution in [3.63, 3.8) is 0 Å². The van der Waals surface area contributed by atoms with Crippen LogP contribution < -0.4 is 4.74 Å². The van der Waals surface area contributed by atoms with Crippen LogP contribution in [0.5, 0.6) is 5.75 Å². The van der Waals surface area contributed by atoms with Gasteiger partial charge in [-0.05, 0) is 25.1 Å². The van der Waals surface area contributed by atoms with Crippen molar-refractivity contribution in [3.05, 3.63) is 35.9 Å². The molecule has 1 aliphatic heterocycles. The van der Waals surface area contributed by atoms with Crippen LogP contribution in [0.1, 0.15) is 24.4 Å². The number of hydrogen-bond acceptors (Lipinski definition) is 6. The molecule has 0 atom stereocenters. The maximum absolute atomic E-state index is 9.32. The molecule has 0 saturated carbocycles. The minimum absolute atomic E-state index is 0.0785. The van der Waals surface area contributed by atoms with Crippen molar-refractivity contribution < 1.29 is 9.47 Å². The molecule has 1 saturated heterocycles. The van der Waals surface area contributed by atoms with E-state index in [1.165, 1.54) is 0 Å². The van der Waals surface area contributed by atoms with Gasteiger partial charge >= 0.3 is 0 Å². The van der Waals surface area contributed by atoms with E-state index < -0.39 is 0 Å². The van der Waals surface area contributed by atoms with Crippen molar-refractivity contribution in [2.24, 2.45) is 0 Å². The summed E-state index contributed by atoms with van der Waals surface area (Å²) in [6, 6.07) is 7.47. The van der Waals surface area contributed by atoms with Crippen LogP contribution >= 0.6 is 0 Å². The molecule has 0 aromatic carbocycles. The van der Waals surface area contributed by atoms with E-state index in [9.17, 15) is 5.26 Å². The summed E-state index contributed by atoms with van der Waals surface area (Å²) in [6.45, 7) is 3.20. The molecule has 2 aromatic rings. The summed E-state index contributed by atoms with van der Waals surface area (Å²) in [5.74, 6) is 1.18. The van der Waals surface area contributed by atoms with Gasteiger partial charge in [-0.3, -0.25) is 0 Å². The van der Waals surface area contributed by atoms with Crippen LogP contribution in [0.2, 0.25) is 0 Å². The second kappa shape index (κ2) is 6.50. The van der Waals surface area contributed by atoms with E-state index in [2.05, 4.69) is 21.0 Å². The average Bonchev–Trinajstić information content (AvgIpc) is 2.56. The summed E-state index contributed by atoms with van der Waals surface area (Å²) in [4.78, 5) is 12.7. The van der Waals surface area contributed by atoms with Crippen LogP contribution in [0.4, 0.5) is 0 Å². The highest BCUT2D eigenvalue weighted by Crippen LogP contribution is 2.24. The van der Waals surface area contributed by atoms with Gasteiger partial charge in [0.05, 0.1) is 24.6 Å². The van der Waals surface area contributed by atoms with Crippen molar-refractivity contribution in [1.29, 1.82) is 5.26 Å². The molecule has 3 heterocycles. The molecule has 0 amide bonds. The Morgan fingerprint density at radius 1 is 1.18 bits per heavy atom. The van der Waals surface area contributed by atoms with Gasteiger partial charge in [-0.2, -0.15) is 5.26 Å². The minimum atomic E-state index is 0.0785. The van der Waals surface area contributed by atoms with Gasteiger partial charge in [0.15, 0.2) is 11.4 Å². The van der Waals surface area contributed by atoms with Crippen LogP contribution in [0.15, 0.2) is 24.4 Å². The zero-order valence-electron chi connectivity index (χ0n) is 12.3. The Balaban J connectivity index is 1.86. The van der Waals surface area contributed by atoms with Crippen molar-refractivity contribution in [2.45, 2.75) is 25.9 Å². The molecule has 0 unspecified atom stereocenters. The first-order valence-corrected chi connectivity index (χ1v) is 7.22. The molecule has 0 aliphatic carbocycles. The van der Waals surface area contributed by atoms with Crippen molar-refractivity contribution in [2.75, 3.05) is 13.2 Å². The van der Waals surface area contributed by atoms with E-state index >= 15 is 0 Å². The summed E-state index contributed by atoms with van der Waals surface area (Å²) in [7, 11) is 0. The standard InChI is InChI=1S/C16H16N4O2/c1-11-18-7-4-14(19-11)13-2-3-16(15(10-17)20-13)22-12-5-8-21-9-6-12/h2-4,7,12H,5-6,8-9H2,1H3. The predicted molar refractivity (Wildman–Crippen MR) is 79.2 cm³/mol. The summed E-state index contributed by atoms with van der Waals surface area (Å²) in [6.07, 6.45) is 3.42. The van der Waals surface area contributed by atoms with Crippen LogP contribution in [0, 0.1) is 18.3 Å². The van der Waals surface area contributed by atoms with Crippen LogP contribution in [-0.4, -0.2) is 34.3 Å². The van der Waals surface area contributed by atoms with E-state index in [0.29, 0.717) is 36.2 Å². The lowest BCUT2D eigenvalue weighted by Gasteiger charge is -2.23. The molecule has 1 aliphatic rings. The average molecular weight is 296 g/mol. The first-order valence-electron chi connectivity index (χ1n) is 7.22. The fourth-order valence-corrected chi connectivity index (χ4v) is 2.34. The molecule has 0 spiro atoms. The minimum Gasteiger partial charge on any atom is -0.487 e. The molecular formula is C16H16N4O2. The third-order valence-electron chi connectivity index (χ3n) is 3.46. The number of hydrogen-bond donors (Lipinski definition) is 0. The SMILES string of the molecule is Cc1nccc(-c2ccc(OC3CCOCC3)c(C#N)n2)n1. The number of rotatable bonds is 3. The van der Waals surface area contributed by atoms with E-state index in [-0.39, 0.29) is 11.8 Å². The lowest BCUT2D eigenvalue weighted by molar-refractivity contribution is 0.0253. The van der Waals surface area contributed by atoms with Crippen LogP contribution in [0.25, 0.3) is 11.4 Å². The topological polar surface area (TPSA) is 80.9 Å². The second-order valence-electron chi connectivity index (χ2n) is 5.07. The normalized spacial score (nSPS) is 15.3. The third-order valence-corrected chi connectivity index (χ3v) is 3.46. The fraction of sp³-hybridized carbons (Fsp3) is 0.375. The number of nitriles is 1. The highest BCUT2D eigenvalue weighted by Gasteiger charge is 2.18. The number of aromatic nitrogens is 3. The van der Waals surface area contributed by atoms with Gasteiger partial charge in [-0.25, -0.2) is 15.0 Å². The first kappa shape index (κ1) is 14.4. The van der Waals surface area contributed by atoms with Gasteiger partial charge < -0.3 is 9.47 Å². The van der Waals surface area contributed by atoms with Crippen LogP contribution in [0.3, 0.4) is 0 Å². The highest BCUT2D eigenvalue weighted by atomic mass is 16.5. The Labute approximate surface area is 128 Å². The van der Waals surface area contributed by atoms with E-state index in [4.69, 9.17) is 9.47 Å². The van der Waals surface area contributed by atoms with Crippen LogP contribution in [-0.2, 0) is 4.74 Å². The molecule has 0 radical (unpaired) electrons. The predicted octanol–water partition coefficient (Wildman–Crippen LogP) is 2.28. The van der Waals surface area contributed by atoms with Gasteiger partial charge in [-0.15, -0.1) is 0 Å². The zero-order chi connectivity index (χ0) is 15.4. The fourth-order valence-electron chi connectivity index (χ4n) is 2.34. The first-order chi connectivity index (χ1) is 10.8. The molecular weight excluding hydrogens is 280 g/mol. The van der Waals surface area contributed by atoms with Crippen molar-refractivity contribution >= 4 is 0 Å². The summed E-state index contributed by atoms with van der Waals surface area (Å²) in [5.41, 5.74) is 1.61. The Hall–Kier alpha value is -2.52. The number of aryl methyl sites for hydroxylation is 1. The molecule has 1 fully saturated rings. The van der Waals surface area contributed by atoms with Gasteiger partial charge in [-0.1, -0.05) is 0 Å². The van der Waals surface area contributed by atoms with Crippen molar-refractivity contribution in [1.82, 2.24) is 15.0 Å². The summed E-state index contributed by atoms with van der Waals surface area (Å²) < 4.78 is 11.2. The Kier molecular flexibility index (Phi) is 4.26. The largest absolute Gasteiger partial charge is 0.487 e. The van der Waals surface area contributed by atoms with Gasteiger partial charge in [0, 0.05) is 19.0 Å². The lowest BCUT2D eigenvalue weighted by atomic mass is 10.1. The molecule has 112 valence electrons. The van der Waals surface area contributed by atoms with Gasteiger partial charge in [0.25, 0.3) is 0 Å². The zero-order valence-corrected chi connectivity index (χ0v) is 12.3. The molecule has 0 bridgehead atoms. The second-order valence-corrected chi connectivity index (χ2v) is 5.07. The lowest BCUT2D eigenvalue weighted by Crippen LogP contribution is -2.26. The summed E-state index contributed by atoms with van der Waals surface area (Å²) in [5, 5.41) is 9.32. The maximum atomic E-state index is 9.32. The van der Waals surface area contributed by atoms with E-state index in [0.717, 1.165) is 12.8 Å². The molecule has 2 aromatic heterocycles. The molecule has 6 heteroatoms. The quantitative estimate of drug-likeness (QED) is 0.864. The smallest absolute Gasteiger partial charge is 0.183 e. The van der Waals surface area contributed by atoms with Gasteiger partial charge in [0.1, 0.15) is 18.0 Å². The Morgan fingerprint density at radius 3 is 2.68 bits per heavy atom. The Bertz CT molecular complexity index is 706. The maximum Gasteiger partial charge on any atom is 0.183 e. The molecule has 6 nitrogen and oxygen atoms in total. The van der Waals surface area contributed by atoms with E-state index in [1.54, 1.807) is 18.3 Å². The molecule has 3 rings (SSSR count). The Morgan fingerprint density at radius 2 is 1.95 bits per heavy atom.